The summed E-state index contributed by atoms with van der Waals surface area (Å²) in [6.07, 6.45) is 1.36. The minimum Gasteiger partial charge on any atom is -0.377 e. The van der Waals surface area contributed by atoms with Crippen LogP contribution in [0.25, 0.3) is 0 Å². The van der Waals surface area contributed by atoms with Gasteiger partial charge in [-0.25, -0.2) is 8.42 Å². The van der Waals surface area contributed by atoms with E-state index in [0.29, 0.717) is 22.9 Å². The first-order valence-corrected chi connectivity index (χ1v) is 12.6. The molecule has 30 heavy (non-hydrogen) atoms. The lowest BCUT2D eigenvalue weighted by molar-refractivity contribution is -0.106. The van der Waals surface area contributed by atoms with E-state index in [-0.39, 0.29) is 29.2 Å². The van der Waals surface area contributed by atoms with Gasteiger partial charge < -0.3 is 15.4 Å². The fraction of sp³-hybridized carbons (Fsp3) is 0.696. The number of nitrogens with zero attached hydrogens (tertiary/aromatic N) is 1. The minimum atomic E-state index is -3.37. The Morgan fingerprint density at radius 2 is 1.90 bits per heavy atom. The Bertz CT molecular complexity index is 870. The maximum absolute atomic E-state index is 12.7. The molecule has 3 rings (SSSR count). The van der Waals surface area contributed by atoms with Crippen molar-refractivity contribution in [3.05, 3.63) is 29.8 Å². The summed E-state index contributed by atoms with van der Waals surface area (Å²) >= 11 is 0. The second kappa shape index (κ2) is 8.50. The summed E-state index contributed by atoms with van der Waals surface area (Å²) in [7, 11) is -3.37. The normalized spacial score (nSPS) is 26.1. The lowest BCUT2D eigenvalue weighted by atomic mass is 9.57. The Morgan fingerprint density at radius 3 is 2.50 bits per heavy atom. The van der Waals surface area contributed by atoms with Crippen molar-refractivity contribution in [2.45, 2.75) is 70.4 Å². The predicted molar refractivity (Wildman–Crippen MR) is 122 cm³/mol. The molecule has 2 N–H and O–H groups in total. The van der Waals surface area contributed by atoms with Crippen molar-refractivity contribution in [1.82, 2.24) is 10.6 Å². The molecule has 0 spiro atoms. The van der Waals surface area contributed by atoms with E-state index in [0.717, 1.165) is 25.1 Å². The number of ether oxygens (including phenoxy) is 1. The van der Waals surface area contributed by atoms with Gasteiger partial charge >= 0.3 is 0 Å². The topological polar surface area (TPSA) is 79.8 Å². The number of nitrogens with one attached hydrogen (secondary N) is 2. The van der Waals surface area contributed by atoms with Gasteiger partial charge in [0, 0.05) is 30.5 Å². The second-order valence-electron chi connectivity index (χ2n) is 10.0. The lowest BCUT2D eigenvalue weighted by Crippen LogP contribution is -2.68. The number of rotatable bonds is 6. The van der Waals surface area contributed by atoms with E-state index in [1.807, 2.05) is 19.1 Å². The molecule has 0 bridgehead atoms. The van der Waals surface area contributed by atoms with Gasteiger partial charge in [0.05, 0.1) is 23.3 Å². The monoisotopic (exact) mass is 435 g/mol. The molecular weight excluding hydrogens is 398 g/mol. The first kappa shape index (κ1) is 23.1. The molecule has 3 unspecified atom stereocenters. The Kier molecular flexibility index (Phi) is 6.54. The molecule has 1 heterocycles. The van der Waals surface area contributed by atoms with E-state index in [2.05, 4.69) is 50.2 Å². The maximum atomic E-state index is 12.7. The molecule has 3 atom stereocenters. The highest BCUT2D eigenvalue weighted by Crippen LogP contribution is 2.52. The van der Waals surface area contributed by atoms with Crippen LogP contribution in [0.5, 0.6) is 0 Å². The maximum Gasteiger partial charge on any atom is 0.191 e. The summed E-state index contributed by atoms with van der Waals surface area (Å²) in [4.78, 5) is 4.91. The third kappa shape index (κ3) is 4.67. The van der Waals surface area contributed by atoms with Crippen molar-refractivity contribution in [3.8, 4) is 0 Å². The predicted octanol–water partition coefficient (Wildman–Crippen LogP) is 3.13. The molecule has 1 aromatic carbocycles. The Balaban J connectivity index is 1.63. The van der Waals surface area contributed by atoms with E-state index in [1.165, 1.54) is 0 Å². The fourth-order valence-corrected chi connectivity index (χ4v) is 5.76. The van der Waals surface area contributed by atoms with E-state index >= 15 is 0 Å². The van der Waals surface area contributed by atoms with Gasteiger partial charge in [-0.15, -0.1) is 0 Å². The van der Waals surface area contributed by atoms with E-state index in [4.69, 9.17) is 4.74 Å². The molecule has 1 aliphatic heterocycles. The molecule has 1 saturated carbocycles. The van der Waals surface area contributed by atoms with Crippen LogP contribution < -0.4 is 10.6 Å². The number of hydrogen-bond acceptors (Lipinski definition) is 4. The average Bonchev–Trinajstić information content (AvgIpc) is 3.12. The van der Waals surface area contributed by atoms with Gasteiger partial charge in [-0.3, -0.25) is 4.99 Å². The van der Waals surface area contributed by atoms with Crippen molar-refractivity contribution < 1.29 is 13.2 Å². The third-order valence-electron chi connectivity index (χ3n) is 6.45. The summed E-state index contributed by atoms with van der Waals surface area (Å²) in [5.41, 5.74) is 1.16. The standard InChI is InChI=1S/C23H37N3O3S/c1-7-24-21(26-19-18-12-14-29-20(18)23(19,5)6)25-13-15-30(27,28)17-10-8-16(9-11-17)22(2,3)4/h8-11,18-20H,7,12-15H2,1-6H3,(H2,24,25,26). The van der Waals surface area contributed by atoms with Crippen LogP contribution in [-0.2, 0) is 20.0 Å². The van der Waals surface area contributed by atoms with E-state index < -0.39 is 9.84 Å². The van der Waals surface area contributed by atoms with Crippen LogP contribution in [0.15, 0.2) is 34.2 Å². The number of hydrogen-bond donors (Lipinski definition) is 2. The quantitative estimate of drug-likeness (QED) is 0.530. The zero-order valence-electron chi connectivity index (χ0n) is 19.2. The van der Waals surface area contributed by atoms with Gasteiger partial charge in [0.15, 0.2) is 15.8 Å². The SMILES string of the molecule is CCNC(=NCCS(=O)(=O)c1ccc(C(C)(C)C)cc1)NC1C2CCOC2C1(C)C. The lowest BCUT2D eigenvalue weighted by Gasteiger charge is -2.54. The minimum absolute atomic E-state index is 0.00234. The zero-order valence-corrected chi connectivity index (χ0v) is 20.0. The smallest absolute Gasteiger partial charge is 0.191 e. The number of aliphatic imine (C=N–C) groups is 1. The summed E-state index contributed by atoms with van der Waals surface area (Å²) in [5.74, 6) is 1.16. The van der Waals surface area contributed by atoms with Crippen LogP contribution >= 0.6 is 0 Å². The second-order valence-corrected chi connectivity index (χ2v) is 12.2. The molecule has 1 saturated heterocycles. The van der Waals surface area contributed by atoms with Gasteiger partial charge in [-0.1, -0.05) is 46.8 Å². The molecule has 6 nitrogen and oxygen atoms in total. The molecule has 2 aliphatic rings. The molecule has 168 valence electrons. The average molecular weight is 436 g/mol. The summed E-state index contributed by atoms with van der Waals surface area (Å²) < 4.78 is 31.4. The highest BCUT2D eigenvalue weighted by molar-refractivity contribution is 7.91. The molecule has 1 aromatic rings. The first-order valence-electron chi connectivity index (χ1n) is 11.0. The van der Waals surface area contributed by atoms with Gasteiger partial charge in [-0.2, -0.15) is 0 Å². The molecule has 0 radical (unpaired) electrons. The van der Waals surface area contributed by atoms with Gasteiger partial charge in [0.2, 0.25) is 0 Å². The van der Waals surface area contributed by atoms with Gasteiger partial charge in [0.1, 0.15) is 0 Å². The van der Waals surface area contributed by atoms with Gasteiger partial charge in [0.25, 0.3) is 0 Å². The zero-order chi connectivity index (χ0) is 22.2. The van der Waals surface area contributed by atoms with Crippen molar-refractivity contribution in [2.75, 3.05) is 25.4 Å². The largest absolute Gasteiger partial charge is 0.377 e. The van der Waals surface area contributed by atoms with Crippen LogP contribution in [0.1, 0.15) is 53.5 Å². The third-order valence-corrected chi connectivity index (χ3v) is 8.16. The van der Waals surface area contributed by atoms with E-state index in [9.17, 15) is 8.42 Å². The highest BCUT2D eigenvalue weighted by Gasteiger charge is 2.59. The number of fused-ring (bicyclic) bond motifs is 1. The van der Waals surface area contributed by atoms with Crippen LogP contribution in [0.4, 0.5) is 0 Å². The first-order chi connectivity index (χ1) is 14.0. The fourth-order valence-electron chi connectivity index (χ4n) is 4.64. The molecule has 0 amide bonds. The van der Waals surface area contributed by atoms with E-state index in [1.54, 1.807) is 12.1 Å². The Morgan fingerprint density at radius 1 is 1.23 bits per heavy atom. The van der Waals surface area contributed by atoms with Crippen molar-refractivity contribution in [3.63, 3.8) is 0 Å². The van der Waals surface area contributed by atoms with Crippen LogP contribution in [0, 0.1) is 11.3 Å². The van der Waals surface area contributed by atoms with Crippen molar-refractivity contribution >= 4 is 15.8 Å². The molecule has 0 aromatic heterocycles. The number of guanidine groups is 1. The summed E-state index contributed by atoms with van der Waals surface area (Å²) in [6.45, 7) is 14.5. The Labute approximate surface area is 181 Å². The van der Waals surface area contributed by atoms with Crippen molar-refractivity contribution in [2.24, 2.45) is 16.3 Å². The molecule has 2 fully saturated rings. The Hall–Kier alpha value is -1.60. The number of sulfone groups is 1. The summed E-state index contributed by atoms with van der Waals surface area (Å²) in [5, 5.41) is 6.78. The molecular formula is C23H37N3O3S. The molecule has 7 heteroatoms. The highest BCUT2D eigenvalue weighted by atomic mass is 32.2. The number of benzene rings is 1. The van der Waals surface area contributed by atoms with Crippen LogP contribution in [-0.4, -0.2) is 52.0 Å². The van der Waals surface area contributed by atoms with Gasteiger partial charge in [-0.05, 0) is 36.5 Å². The summed E-state index contributed by atoms with van der Waals surface area (Å²) in [6, 6.07) is 7.51. The molecule has 1 aliphatic carbocycles. The van der Waals surface area contributed by atoms with Crippen LogP contribution in [0.3, 0.4) is 0 Å². The van der Waals surface area contributed by atoms with Crippen LogP contribution in [0.2, 0.25) is 0 Å². The van der Waals surface area contributed by atoms with Crippen molar-refractivity contribution in [1.29, 1.82) is 0 Å².